The van der Waals surface area contributed by atoms with Crippen LogP contribution < -0.4 is 5.32 Å². The van der Waals surface area contributed by atoms with Gasteiger partial charge in [0.05, 0.1) is 12.3 Å². The Hall–Kier alpha value is -0.850. The minimum Gasteiger partial charge on any atom is -0.464 e. The molecule has 0 fully saturated rings. The SMILES string of the molecule is CC(C)NCc1ccc(CSc2ncns2)o1. The standard InChI is InChI=1S/C11H15N3OS2/c1-8(2)12-5-9-3-4-10(15-9)6-16-11-13-7-14-17-11/h3-4,7-8,12H,5-6H2,1-2H3. The van der Waals surface area contributed by atoms with Gasteiger partial charge in [0.25, 0.3) is 0 Å². The molecular formula is C11H15N3OS2. The number of furan rings is 1. The Morgan fingerprint density at radius 1 is 1.41 bits per heavy atom. The number of hydrogen-bond acceptors (Lipinski definition) is 6. The highest BCUT2D eigenvalue weighted by molar-refractivity contribution is 8.00. The molecule has 2 aromatic heterocycles. The smallest absolute Gasteiger partial charge is 0.170 e. The molecule has 0 aliphatic carbocycles. The summed E-state index contributed by atoms with van der Waals surface area (Å²) in [6, 6.07) is 4.51. The highest BCUT2D eigenvalue weighted by Gasteiger charge is 2.05. The molecule has 0 bridgehead atoms. The minimum absolute atomic E-state index is 0.472. The summed E-state index contributed by atoms with van der Waals surface area (Å²) in [7, 11) is 0. The summed E-state index contributed by atoms with van der Waals surface area (Å²) >= 11 is 3.06. The highest BCUT2D eigenvalue weighted by Crippen LogP contribution is 2.24. The quantitative estimate of drug-likeness (QED) is 0.817. The first-order chi connectivity index (χ1) is 8.24. The van der Waals surface area contributed by atoms with E-state index < -0.39 is 0 Å². The molecular weight excluding hydrogens is 254 g/mol. The molecule has 2 heterocycles. The summed E-state index contributed by atoms with van der Waals surface area (Å²) in [5, 5.41) is 3.32. The van der Waals surface area contributed by atoms with Crippen molar-refractivity contribution in [3.05, 3.63) is 30.0 Å². The second-order valence-electron chi connectivity index (χ2n) is 3.90. The number of rotatable bonds is 6. The molecule has 0 spiro atoms. The molecule has 0 aliphatic rings. The largest absolute Gasteiger partial charge is 0.464 e. The van der Waals surface area contributed by atoms with Gasteiger partial charge in [-0.3, -0.25) is 0 Å². The molecule has 6 heteroatoms. The predicted octanol–water partition coefficient (Wildman–Crippen LogP) is 2.92. The van der Waals surface area contributed by atoms with E-state index in [9.17, 15) is 0 Å². The molecule has 2 rings (SSSR count). The normalized spacial score (nSPS) is 11.2. The molecule has 17 heavy (non-hydrogen) atoms. The van der Waals surface area contributed by atoms with Crippen molar-refractivity contribution in [3.8, 4) is 0 Å². The van der Waals surface area contributed by atoms with Gasteiger partial charge in [0, 0.05) is 6.04 Å². The van der Waals surface area contributed by atoms with Crippen LogP contribution >= 0.6 is 23.3 Å². The Labute approximate surface area is 109 Å². The zero-order valence-corrected chi connectivity index (χ0v) is 11.5. The minimum atomic E-state index is 0.472. The summed E-state index contributed by atoms with van der Waals surface area (Å²) in [5.41, 5.74) is 0. The van der Waals surface area contributed by atoms with Crippen molar-refractivity contribution in [1.29, 1.82) is 0 Å². The number of nitrogens with one attached hydrogen (secondary N) is 1. The molecule has 0 aliphatic heterocycles. The Kier molecular flexibility index (Phi) is 4.58. The van der Waals surface area contributed by atoms with Gasteiger partial charge < -0.3 is 9.73 Å². The van der Waals surface area contributed by atoms with E-state index in [1.165, 1.54) is 11.5 Å². The maximum atomic E-state index is 5.71. The lowest BCUT2D eigenvalue weighted by atomic mass is 10.3. The molecule has 0 aromatic carbocycles. The first kappa shape index (κ1) is 12.6. The van der Waals surface area contributed by atoms with Crippen LogP contribution in [-0.4, -0.2) is 15.4 Å². The van der Waals surface area contributed by atoms with Crippen LogP contribution in [0.3, 0.4) is 0 Å². The zero-order chi connectivity index (χ0) is 12.1. The molecule has 0 unspecified atom stereocenters. The van der Waals surface area contributed by atoms with E-state index in [2.05, 4.69) is 28.5 Å². The van der Waals surface area contributed by atoms with Gasteiger partial charge in [-0.2, -0.15) is 4.37 Å². The molecule has 4 nitrogen and oxygen atoms in total. The van der Waals surface area contributed by atoms with Crippen LogP contribution in [0.4, 0.5) is 0 Å². The van der Waals surface area contributed by atoms with Crippen molar-refractivity contribution in [3.63, 3.8) is 0 Å². The fourth-order valence-electron chi connectivity index (χ4n) is 1.26. The topological polar surface area (TPSA) is 51.0 Å². The maximum absolute atomic E-state index is 5.71. The van der Waals surface area contributed by atoms with Gasteiger partial charge in [-0.25, -0.2) is 4.98 Å². The molecule has 0 saturated heterocycles. The Bertz CT molecular complexity index is 439. The van der Waals surface area contributed by atoms with Crippen molar-refractivity contribution in [1.82, 2.24) is 14.7 Å². The van der Waals surface area contributed by atoms with Crippen LogP contribution in [0.2, 0.25) is 0 Å². The summed E-state index contributed by atoms with van der Waals surface area (Å²) in [5.74, 6) is 2.76. The Morgan fingerprint density at radius 3 is 2.94 bits per heavy atom. The van der Waals surface area contributed by atoms with Gasteiger partial charge in [0.15, 0.2) is 4.34 Å². The molecule has 92 valence electrons. The first-order valence-electron chi connectivity index (χ1n) is 5.44. The monoisotopic (exact) mass is 269 g/mol. The van der Waals surface area contributed by atoms with Crippen LogP contribution in [0.5, 0.6) is 0 Å². The van der Waals surface area contributed by atoms with Gasteiger partial charge in [-0.05, 0) is 23.7 Å². The van der Waals surface area contributed by atoms with Crippen molar-refractivity contribution < 1.29 is 4.42 Å². The predicted molar refractivity (Wildman–Crippen MR) is 70.2 cm³/mol. The fourth-order valence-corrected chi connectivity index (χ4v) is 2.60. The zero-order valence-electron chi connectivity index (χ0n) is 9.84. The summed E-state index contributed by atoms with van der Waals surface area (Å²) in [6.45, 7) is 5.02. The maximum Gasteiger partial charge on any atom is 0.170 e. The van der Waals surface area contributed by atoms with Crippen LogP contribution in [0.15, 0.2) is 27.2 Å². The lowest BCUT2D eigenvalue weighted by molar-refractivity contribution is 0.445. The van der Waals surface area contributed by atoms with E-state index >= 15 is 0 Å². The summed E-state index contributed by atoms with van der Waals surface area (Å²) < 4.78 is 10.6. The summed E-state index contributed by atoms with van der Waals surface area (Å²) in [6.07, 6.45) is 1.58. The number of aromatic nitrogens is 2. The fraction of sp³-hybridized carbons (Fsp3) is 0.455. The van der Waals surface area contributed by atoms with Crippen molar-refractivity contribution in [2.75, 3.05) is 0 Å². The van der Waals surface area contributed by atoms with E-state index in [0.29, 0.717) is 6.04 Å². The summed E-state index contributed by atoms with van der Waals surface area (Å²) in [4.78, 5) is 4.11. The third-order valence-corrected chi connectivity index (χ3v) is 3.90. The van der Waals surface area contributed by atoms with E-state index in [0.717, 1.165) is 28.2 Å². The Balaban J connectivity index is 1.81. The second kappa shape index (κ2) is 6.18. The average molecular weight is 269 g/mol. The highest BCUT2D eigenvalue weighted by atomic mass is 32.2. The molecule has 0 atom stereocenters. The molecule has 0 radical (unpaired) electrons. The lowest BCUT2D eigenvalue weighted by Gasteiger charge is -2.04. The van der Waals surface area contributed by atoms with E-state index in [1.807, 2.05) is 12.1 Å². The number of hydrogen-bond donors (Lipinski definition) is 1. The Morgan fingerprint density at radius 2 is 2.24 bits per heavy atom. The lowest BCUT2D eigenvalue weighted by Crippen LogP contribution is -2.21. The second-order valence-corrected chi connectivity index (χ2v) is 5.90. The van der Waals surface area contributed by atoms with Gasteiger partial charge >= 0.3 is 0 Å². The van der Waals surface area contributed by atoms with E-state index in [-0.39, 0.29) is 0 Å². The first-order valence-corrected chi connectivity index (χ1v) is 7.20. The van der Waals surface area contributed by atoms with Crippen molar-refractivity contribution in [2.45, 2.75) is 36.5 Å². The third kappa shape index (κ3) is 4.14. The molecule has 0 saturated carbocycles. The molecule has 1 N–H and O–H groups in total. The molecule has 2 aromatic rings. The van der Waals surface area contributed by atoms with Crippen LogP contribution in [0.25, 0.3) is 0 Å². The number of nitrogens with zero attached hydrogens (tertiary/aromatic N) is 2. The van der Waals surface area contributed by atoms with E-state index in [4.69, 9.17) is 4.42 Å². The van der Waals surface area contributed by atoms with Crippen molar-refractivity contribution in [2.24, 2.45) is 0 Å². The average Bonchev–Trinajstić information content (AvgIpc) is 2.95. The third-order valence-electron chi connectivity index (χ3n) is 2.08. The molecule has 0 amide bonds. The van der Waals surface area contributed by atoms with E-state index in [1.54, 1.807) is 18.1 Å². The van der Waals surface area contributed by atoms with Crippen LogP contribution in [-0.2, 0) is 12.3 Å². The van der Waals surface area contributed by atoms with Gasteiger partial charge in [-0.15, -0.1) is 0 Å². The van der Waals surface area contributed by atoms with Gasteiger partial charge in [0.1, 0.15) is 17.8 Å². The van der Waals surface area contributed by atoms with Crippen molar-refractivity contribution >= 4 is 23.3 Å². The van der Waals surface area contributed by atoms with Crippen LogP contribution in [0.1, 0.15) is 25.4 Å². The van der Waals surface area contributed by atoms with Crippen LogP contribution in [0, 0.1) is 0 Å². The van der Waals surface area contributed by atoms with Gasteiger partial charge in [0.2, 0.25) is 0 Å². The number of thioether (sulfide) groups is 1. The van der Waals surface area contributed by atoms with Gasteiger partial charge in [-0.1, -0.05) is 25.6 Å².